The molecule has 0 unspecified atom stereocenters. The zero-order valence-corrected chi connectivity index (χ0v) is 15.1. The summed E-state index contributed by atoms with van der Waals surface area (Å²) < 4.78 is 5.38. The summed E-state index contributed by atoms with van der Waals surface area (Å²) in [6, 6.07) is 7.93. The summed E-state index contributed by atoms with van der Waals surface area (Å²) in [6.07, 6.45) is 0.504. The topological polar surface area (TPSA) is 56.2 Å². The number of rotatable bonds is 5. The van der Waals surface area contributed by atoms with Crippen molar-refractivity contribution in [2.75, 3.05) is 63.9 Å². The minimum atomic E-state index is -0.269. The van der Waals surface area contributed by atoms with Gasteiger partial charge in [0.25, 0.3) is 5.91 Å². The summed E-state index contributed by atoms with van der Waals surface area (Å²) in [5.74, 6) is 0.101. The van der Waals surface area contributed by atoms with E-state index >= 15 is 0 Å². The Bertz CT molecular complexity index is 550. The number of hydrogen-bond donors (Lipinski definition) is 1. The second kappa shape index (κ2) is 8.65. The molecule has 1 N–H and O–H groups in total. The predicted octanol–water partition coefficient (Wildman–Crippen LogP) is 1.05. The first kappa shape index (κ1) is 18.2. The van der Waals surface area contributed by atoms with Crippen molar-refractivity contribution in [2.24, 2.45) is 0 Å². The van der Waals surface area contributed by atoms with Gasteiger partial charge >= 0.3 is 0 Å². The van der Waals surface area contributed by atoms with Crippen LogP contribution in [0, 0.1) is 0 Å². The molecule has 3 rings (SSSR count). The average Bonchev–Trinajstić information content (AvgIpc) is 2.69. The van der Waals surface area contributed by atoms with Crippen LogP contribution < -0.4 is 4.90 Å². The highest BCUT2D eigenvalue weighted by Gasteiger charge is 2.23. The first-order valence-electron chi connectivity index (χ1n) is 9.30. The Morgan fingerprint density at radius 3 is 2.32 bits per heavy atom. The SMILES string of the molecule is CC[C@H](O)CN1CCN(C(=O)c2ccc(N3CCOCC3)cc2)CC1. The van der Waals surface area contributed by atoms with E-state index in [0.29, 0.717) is 6.54 Å². The third-order valence-corrected chi connectivity index (χ3v) is 5.09. The summed E-state index contributed by atoms with van der Waals surface area (Å²) in [5, 5.41) is 9.76. The number of aliphatic hydroxyl groups is 1. The standard InChI is InChI=1S/C19H29N3O3/c1-2-18(23)15-20-7-9-22(10-8-20)19(24)16-3-5-17(6-4-16)21-11-13-25-14-12-21/h3-6,18,23H,2,7-15H2,1H3/t18-/m0/s1. The molecule has 138 valence electrons. The van der Waals surface area contributed by atoms with E-state index in [4.69, 9.17) is 4.74 Å². The normalized spacial score (nSPS) is 20.6. The van der Waals surface area contributed by atoms with Crippen molar-refractivity contribution in [3.8, 4) is 0 Å². The lowest BCUT2D eigenvalue weighted by molar-refractivity contribution is 0.0523. The molecule has 6 nitrogen and oxygen atoms in total. The molecule has 1 aromatic carbocycles. The summed E-state index contributed by atoms with van der Waals surface area (Å²) in [5.41, 5.74) is 1.90. The van der Waals surface area contributed by atoms with Crippen LogP contribution in [0.1, 0.15) is 23.7 Å². The molecule has 2 aliphatic rings. The first-order valence-corrected chi connectivity index (χ1v) is 9.30. The van der Waals surface area contributed by atoms with Crippen LogP contribution in [0.3, 0.4) is 0 Å². The Hall–Kier alpha value is -1.63. The van der Waals surface area contributed by atoms with E-state index in [1.807, 2.05) is 36.1 Å². The zero-order chi connectivity index (χ0) is 17.6. The van der Waals surface area contributed by atoms with Crippen molar-refractivity contribution in [3.05, 3.63) is 29.8 Å². The Morgan fingerprint density at radius 2 is 1.72 bits per heavy atom. The van der Waals surface area contributed by atoms with Gasteiger partial charge in [-0.3, -0.25) is 9.69 Å². The zero-order valence-electron chi connectivity index (χ0n) is 15.1. The quantitative estimate of drug-likeness (QED) is 0.863. The lowest BCUT2D eigenvalue weighted by atomic mass is 10.1. The molecule has 1 amide bonds. The number of nitrogens with zero attached hydrogens (tertiary/aromatic N) is 3. The summed E-state index contributed by atoms with van der Waals surface area (Å²) >= 11 is 0. The maximum atomic E-state index is 12.7. The molecule has 1 atom stereocenters. The van der Waals surface area contributed by atoms with E-state index in [1.54, 1.807) is 0 Å². The molecule has 2 heterocycles. The lowest BCUT2D eigenvalue weighted by Gasteiger charge is -2.35. The van der Waals surface area contributed by atoms with Crippen LogP contribution in [0.15, 0.2) is 24.3 Å². The summed E-state index contributed by atoms with van der Waals surface area (Å²) in [4.78, 5) is 19.1. The highest BCUT2D eigenvalue weighted by atomic mass is 16.5. The van der Waals surface area contributed by atoms with Crippen LogP contribution in [0.5, 0.6) is 0 Å². The van der Waals surface area contributed by atoms with Gasteiger partial charge in [0.2, 0.25) is 0 Å². The van der Waals surface area contributed by atoms with Crippen LogP contribution in [-0.2, 0) is 4.74 Å². The van der Waals surface area contributed by atoms with Crippen LogP contribution in [-0.4, -0.2) is 85.9 Å². The Morgan fingerprint density at radius 1 is 1.08 bits per heavy atom. The molecular weight excluding hydrogens is 318 g/mol. The molecule has 2 fully saturated rings. The van der Waals surface area contributed by atoms with Gasteiger partial charge < -0.3 is 19.6 Å². The molecule has 25 heavy (non-hydrogen) atoms. The van der Waals surface area contributed by atoms with E-state index in [0.717, 1.165) is 70.2 Å². The molecule has 2 aliphatic heterocycles. The van der Waals surface area contributed by atoms with Gasteiger partial charge in [0.05, 0.1) is 19.3 Å². The number of β-amino-alcohol motifs (C(OH)–C–C–N with tert-alkyl or cyclic N) is 1. The largest absolute Gasteiger partial charge is 0.392 e. The first-order chi connectivity index (χ1) is 12.2. The number of benzene rings is 1. The Kier molecular flexibility index (Phi) is 6.29. The van der Waals surface area contributed by atoms with Gasteiger partial charge in [0.1, 0.15) is 0 Å². The molecule has 0 aliphatic carbocycles. The maximum Gasteiger partial charge on any atom is 0.253 e. The van der Waals surface area contributed by atoms with E-state index < -0.39 is 0 Å². The molecule has 0 radical (unpaired) electrons. The van der Waals surface area contributed by atoms with Crippen LogP contribution in [0.4, 0.5) is 5.69 Å². The number of carbonyl (C=O) groups excluding carboxylic acids is 1. The molecule has 6 heteroatoms. The average molecular weight is 347 g/mol. The van der Waals surface area contributed by atoms with Gasteiger partial charge in [-0.05, 0) is 30.7 Å². The van der Waals surface area contributed by atoms with E-state index in [9.17, 15) is 9.90 Å². The number of piperazine rings is 1. The molecule has 1 aromatic rings. The Labute approximate surface area is 150 Å². The molecule has 0 saturated carbocycles. The number of amides is 1. The van der Waals surface area contributed by atoms with Crippen molar-refractivity contribution in [1.82, 2.24) is 9.80 Å². The fraction of sp³-hybridized carbons (Fsp3) is 0.632. The smallest absolute Gasteiger partial charge is 0.253 e. The number of ether oxygens (including phenoxy) is 1. The van der Waals surface area contributed by atoms with Gasteiger partial charge in [0, 0.05) is 57.1 Å². The molecule has 2 saturated heterocycles. The third kappa shape index (κ3) is 4.71. The van der Waals surface area contributed by atoms with Gasteiger partial charge in [-0.25, -0.2) is 0 Å². The lowest BCUT2D eigenvalue weighted by Crippen LogP contribution is -2.50. The minimum Gasteiger partial charge on any atom is -0.392 e. The van der Waals surface area contributed by atoms with Crippen molar-refractivity contribution in [1.29, 1.82) is 0 Å². The van der Waals surface area contributed by atoms with Crippen LogP contribution >= 0.6 is 0 Å². The van der Waals surface area contributed by atoms with E-state index in [-0.39, 0.29) is 12.0 Å². The van der Waals surface area contributed by atoms with Crippen LogP contribution in [0.2, 0.25) is 0 Å². The number of hydrogen-bond acceptors (Lipinski definition) is 5. The fourth-order valence-electron chi connectivity index (χ4n) is 3.38. The highest BCUT2D eigenvalue weighted by molar-refractivity contribution is 5.94. The van der Waals surface area contributed by atoms with E-state index in [1.165, 1.54) is 0 Å². The fourth-order valence-corrected chi connectivity index (χ4v) is 3.38. The number of carbonyl (C=O) groups is 1. The number of anilines is 1. The summed E-state index contributed by atoms with van der Waals surface area (Å²) in [7, 11) is 0. The molecule has 0 spiro atoms. The van der Waals surface area contributed by atoms with Crippen molar-refractivity contribution >= 4 is 11.6 Å². The molecule has 0 bridgehead atoms. The second-order valence-electron chi connectivity index (χ2n) is 6.80. The maximum absolute atomic E-state index is 12.7. The van der Waals surface area contributed by atoms with Crippen LogP contribution in [0.25, 0.3) is 0 Å². The second-order valence-corrected chi connectivity index (χ2v) is 6.80. The van der Waals surface area contributed by atoms with Gasteiger partial charge in [0.15, 0.2) is 0 Å². The van der Waals surface area contributed by atoms with Gasteiger partial charge in [-0.15, -0.1) is 0 Å². The van der Waals surface area contributed by atoms with E-state index in [2.05, 4.69) is 9.80 Å². The summed E-state index contributed by atoms with van der Waals surface area (Å²) in [6.45, 7) is 9.12. The predicted molar refractivity (Wildman–Crippen MR) is 98.1 cm³/mol. The minimum absolute atomic E-state index is 0.101. The Balaban J connectivity index is 1.53. The number of morpholine rings is 1. The molecule has 0 aromatic heterocycles. The van der Waals surface area contributed by atoms with Gasteiger partial charge in [-0.2, -0.15) is 0 Å². The highest BCUT2D eigenvalue weighted by Crippen LogP contribution is 2.18. The van der Waals surface area contributed by atoms with Crippen molar-refractivity contribution in [3.63, 3.8) is 0 Å². The van der Waals surface area contributed by atoms with Gasteiger partial charge in [-0.1, -0.05) is 6.92 Å². The number of aliphatic hydroxyl groups excluding tert-OH is 1. The third-order valence-electron chi connectivity index (χ3n) is 5.09. The molecular formula is C19H29N3O3. The monoisotopic (exact) mass is 347 g/mol. The van der Waals surface area contributed by atoms with Crippen molar-refractivity contribution in [2.45, 2.75) is 19.4 Å². The van der Waals surface area contributed by atoms with Crippen molar-refractivity contribution < 1.29 is 14.6 Å².